The fraction of sp³-hybridized carbons (Fsp3) is 0.360. The Kier molecular flexibility index (Phi) is 6.14. The highest BCUT2D eigenvalue weighted by atomic mass is 32.1. The number of urea groups is 1. The molecule has 4 heterocycles. The van der Waals surface area contributed by atoms with Crippen molar-refractivity contribution in [1.29, 1.82) is 0 Å². The summed E-state index contributed by atoms with van der Waals surface area (Å²) in [4.78, 5) is 27.3. The van der Waals surface area contributed by atoms with E-state index >= 15 is 0 Å². The molecular formula is C25H28FN7OS. The number of aromatic nitrogens is 4. The standard InChI is InChI=1S/C25H28FN7OS/c1-15-12-32(9-10-33(15)25(34)29-16(2)18-5-7-19(26)8-6-18)24-23-21(27-14-28-24)11-22(35-23)20-13-31(4)30-17(20)3/h5-8,11,13-16H,9-10,12H2,1-4H3,(H,29,34)/t15-,16?/m1/s1. The first kappa shape index (κ1) is 23.2. The van der Waals surface area contributed by atoms with E-state index in [9.17, 15) is 9.18 Å². The first-order valence-electron chi connectivity index (χ1n) is 11.6. The largest absolute Gasteiger partial charge is 0.351 e. The predicted octanol–water partition coefficient (Wildman–Crippen LogP) is 4.52. The molecule has 1 N–H and O–H groups in total. The van der Waals surface area contributed by atoms with E-state index in [0.717, 1.165) is 37.7 Å². The Labute approximate surface area is 207 Å². The van der Waals surface area contributed by atoms with Crippen LogP contribution in [0.1, 0.15) is 31.1 Å². The van der Waals surface area contributed by atoms with E-state index in [0.29, 0.717) is 19.6 Å². The number of hydrogen-bond acceptors (Lipinski definition) is 6. The first-order chi connectivity index (χ1) is 16.8. The number of piperazine rings is 1. The van der Waals surface area contributed by atoms with Crippen LogP contribution in [-0.4, -0.2) is 56.4 Å². The number of thiophene rings is 1. The summed E-state index contributed by atoms with van der Waals surface area (Å²) in [5, 5.41) is 7.51. The van der Waals surface area contributed by atoms with Crippen molar-refractivity contribution < 1.29 is 9.18 Å². The molecule has 5 rings (SSSR count). The molecule has 0 bridgehead atoms. The molecule has 8 nitrogen and oxygen atoms in total. The molecule has 0 spiro atoms. The molecule has 0 radical (unpaired) electrons. The van der Waals surface area contributed by atoms with Gasteiger partial charge in [0.1, 0.15) is 18.0 Å². The fourth-order valence-electron chi connectivity index (χ4n) is 4.60. The quantitative estimate of drug-likeness (QED) is 0.452. The van der Waals surface area contributed by atoms with Gasteiger partial charge < -0.3 is 15.1 Å². The van der Waals surface area contributed by atoms with Gasteiger partial charge in [0.25, 0.3) is 0 Å². The van der Waals surface area contributed by atoms with Crippen molar-refractivity contribution in [2.24, 2.45) is 7.05 Å². The molecule has 3 aromatic heterocycles. The molecule has 1 aliphatic heterocycles. The molecule has 1 fully saturated rings. The van der Waals surface area contributed by atoms with Crippen molar-refractivity contribution >= 4 is 33.4 Å². The molecule has 35 heavy (non-hydrogen) atoms. The van der Waals surface area contributed by atoms with E-state index in [1.807, 2.05) is 43.6 Å². The summed E-state index contributed by atoms with van der Waals surface area (Å²) in [7, 11) is 1.92. The van der Waals surface area contributed by atoms with Gasteiger partial charge in [0.05, 0.1) is 22.0 Å². The SMILES string of the molecule is Cc1nn(C)cc1-c1cc2ncnc(N3CCN(C(=O)NC(C)c4ccc(F)cc4)[C@H](C)C3)c2s1. The summed E-state index contributed by atoms with van der Waals surface area (Å²) in [6.07, 6.45) is 3.64. The molecule has 10 heteroatoms. The first-order valence-corrected chi connectivity index (χ1v) is 12.4. The Hall–Kier alpha value is -3.53. The molecular weight excluding hydrogens is 465 g/mol. The maximum Gasteiger partial charge on any atom is 0.318 e. The maximum absolute atomic E-state index is 13.2. The van der Waals surface area contributed by atoms with Gasteiger partial charge in [-0.25, -0.2) is 19.2 Å². The summed E-state index contributed by atoms with van der Waals surface area (Å²) in [6.45, 7) is 7.88. The fourth-order valence-corrected chi connectivity index (χ4v) is 5.79. The normalized spacial score (nSPS) is 17.1. The molecule has 0 aliphatic carbocycles. The minimum atomic E-state index is -0.288. The molecule has 1 saturated heterocycles. The van der Waals surface area contributed by atoms with Crippen LogP contribution >= 0.6 is 11.3 Å². The van der Waals surface area contributed by atoms with Crippen molar-refractivity contribution in [3.8, 4) is 10.4 Å². The van der Waals surface area contributed by atoms with Crippen molar-refractivity contribution in [2.45, 2.75) is 32.9 Å². The van der Waals surface area contributed by atoms with Crippen LogP contribution in [0.15, 0.2) is 42.9 Å². The number of halogens is 1. The number of nitrogens with zero attached hydrogens (tertiary/aromatic N) is 6. The van der Waals surface area contributed by atoms with Gasteiger partial charge in [-0.15, -0.1) is 11.3 Å². The van der Waals surface area contributed by atoms with Gasteiger partial charge >= 0.3 is 6.03 Å². The summed E-state index contributed by atoms with van der Waals surface area (Å²) >= 11 is 1.67. The lowest BCUT2D eigenvalue weighted by Gasteiger charge is -2.40. The lowest BCUT2D eigenvalue weighted by molar-refractivity contribution is 0.168. The average Bonchev–Trinajstić information content (AvgIpc) is 3.41. The number of hydrogen-bond donors (Lipinski definition) is 1. The number of benzene rings is 1. The highest BCUT2D eigenvalue weighted by Gasteiger charge is 2.30. The van der Waals surface area contributed by atoms with Crippen LogP contribution in [0, 0.1) is 12.7 Å². The van der Waals surface area contributed by atoms with Crippen LogP contribution in [0.2, 0.25) is 0 Å². The number of carbonyl (C=O) groups is 1. The van der Waals surface area contributed by atoms with Crippen molar-refractivity contribution in [2.75, 3.05) is 24.5 Å². The van der Waals surface area contributed by atoms with Crippen LogP contribution in [0.25, 0.3) is 20.7 Å². The minimum Gasteiger partial charge on any atom is -0.351 e. The van der Waals surface area contributed by atoms with Crippen molar-refractivity contribution in [3.05, 3.63) is 59.9 Å². The van der Waals surface area contributed by atoms with Crippen LogP contribution in [0.5, 0.6) is 0 Å². The second-order valence-electron chi connectivity index (χ2n) is 9.04. The Morgan fingerprint density at radius 1 is 1.23 bits per heavy atom. The third-order valence-electron chi connectivity index (χ3n) is 6.47. The number of fused-ring (bicyclic) bond motifs is 1. The second-order valence-corrected chi connectivity index (χ2v) is 10.1. The van der Waals surface area contributed by atoms with Crippen LogP contribution in [0.4, 0.5) is 15.0 Å². The molecule has 1 aliphatic rings. The van der Waals surface area contributed by atoms with Gasteiger partial charge in [-0.05, 0) is 44.5 Å². The van der Waals surface area contributed by atoms with Gasteiger partial charge in [-0.3, -0.25) is 4.68 Å². The highest BCUT2D eigenvalue weighted by molar-refractivity contribution is 7.22. The summed E-state index contributed by atoms with van der Waals surface area (Å²) < 4.78 is 16.1. The summed E-state index contributed by atoms with van der Waals surface area (Å²) in [6, 6.07) is 7.98. The Balaban J connectivity index is 1.31. The third kappa shape index (κ3) is 4.58. The molecule has 0 saturated carbocycles. The molecule has 2 atom stereocenters. The van der Waals surface area contributed by atoms with Gasteiger partial charge in [0, 0.05) is 49.4 Å². The number of nitrogens with one attached hydrogen (secondary N) is 1. The van der Waals surface area contributed by atoms with Gasteiger partial charge in [-0.1, -0.05) is 12.1 Å². The highest BCUT2D eigenvalue weighted by Crippen LogP contribution is 2.38. The van der Waals surface area contributed by atoms with E-state index in [-0.39, 0.29) is 23.9 Å². The monoisotopic (exact) mass is 493 g/mol. The average molecular weight is 494 g/mol. The van der Waals surface area contributed by atoms with Crippen LogP contribution in [-0.2, 0) is 7.05 Å². The zero-order chi connectivity index (χ0) is 24.7. The topological polar surface area (TPSA) is 79.2 Å². The van der Waals surface area contributed by atoms with Crippen LogP contribution < -0.4 is 10.2 Å². The Morgan fingerprint density at radius 3 is 2.69 bits per heavy atom. The van der Waals surface area contributed by atoms with E-state index in [1.54, 1.807) is 29.8 Å². The second kappa shape index (κ2) is 9.26. The molecule has 1 aromatic carbocycles. The molecule has 1 unspecified atom stereocenters. The van der Waals surface area contributed by atoms with E-state index < -0.39 is 0 Å². The van der Waals surface area contributed by atoms with Crippen LogP contribution in [0.3, 0.4) is 0 Å². The number of anilines is 1. The zero-order valence-electron chi connectivity index (χ0n) is 20.2. The maximum atomic E-state index is 13.2. The van der Waals surface area contributed by atoms with Crippen molar-refractivity contribution in [1.82, 2.24) is 30.0 Å². The van der Waals surface area contributed by atoms with Gasteiger partial charge in [0.15, 0.2) is 0 Å². The van der Waals surface area contributed by atoms with E-state index in [1.165, 1.54) is 12.1 Å². The smallest absolute Gasteiger partial charge is 0.318 e. The molecule has 182 valence electrons. The lowest BCUT2D eigenvalue weighted by atomic mass is 10.1. The number of rotatable bonds is 4. The predicted molar refractivity (Wildman–Crippen MR) is 136 cm³/mol. The number of aryl methyl sites for hydroxylation is 2. The summed E-state index contributed by atoms with van der Waals surface area (Å²) in [5.41, 5.74) is 3.87. The van der Waals surface area contributed by atoms with E-state index in [4.69, 9.17) is 0 Å². The molecule has 4 aromatic rings. The van der Waals surface area contributed by atoms with Gasteiger partial charge in [-0.2, -0.15) is 5.10 Å². The lowest BCUT2D eigenvalue weighted by Crippen LogP contribution is -2.57. The Bertz CT molecular complexity index is 1370. The number of amides is 2. The zero-order valence-corrected chi connectivity index (χ0v) is 21.0. The number of carbonyl (C=O) groups excluding carboxylic acids is 1. The Morgan fingerprint density at radius 2 is 2.00 bits per heavy atom. The summed E-state index contributed by atoms with van der Waals surface area (Å²) in [5.74, 6) is 0.615. The van der Waals surface area contributed by atoms with Gasteiger partial charge in [0.2, 0.25) is 0 Å². The minimum absolute atomic E-state index is 0.00539. The van der Waals surface area contributed by atoms with E-state index in [2.05, 4.69) is 31.3 Å². The van der Waals surface area contributed by atoms with Crippen molar-refractivity contribution in [3.63, 3.8) is 0 Å². The molecule has 2 amide bonds. The third-order valence-corrected chi connectivity index (χ3v) is 7.62.